The molecule has 2 N–H and O–H groups in total. The van der Waals surface area contributed by atoms with Gasteiger partial charge in [0, 0.05) is 11.3 Å². The number of rotatable bonds is 5. The molecule has 7 nitrogen and oxygen atoms in total. The summed E-state index contributed by atoms with van der Waals surface area (Å²) in [7, 11) is 0. The van der Waals surface area contributed by atoms with E-state index in [1.165, 1.54) is 36.4 Å². The van der Waals surface area contributed by atoms with Gasteiger partial charge in [-0.25, -0.2) is 0 Å². The Labute approximate surface area is 162 Å². The third-order valence-electron chi connectivity index (χ3n) is 4.06. The summed E-state index contributed by atoms with van der Waals surface area (Å²) in [6.07, 6.45) is -4.52. The maximum atomic E-state index is 12.2. The molecule has 0 aliphatic carbocycles. The van der Waals surface area contributed by atoms with Gasteiger partial charge in [-0.1, -0.05) is 12.1 Å². The van der Waals surface area contributed by atoms with Crippen LogP contribution in [0.25, 0.3) is 0 Å². The van der Waals surface area contributed by atoms with Gasteiger partial charge in [-0.3, -0.25) is 24.1 Å². The topological polar surface area (TPSA) is 95.6 Å². The molecule has 0 atom stereocenters. The minimum atomic E-state index is -4.52. The average molecular weight is 405 g/mol. The minimum absolute atomic E-state index is 0.0207. The van der Waals surface area contributed by atoms with Crippen LogP contribution < -0.4 is 10.6 Å². The number of nitrogens with zero attached hydrogens (tertiary/aromatic N) is 1. The molecule has 0 saturated carbocycles. The SMILES string of the molecule is O=C(CN1C(=O)c2ccccc2C1=O)Nc1ccc(C(=O)NCC(F)(F)F)cc1. The van der Waals surface area contributed by atoms with Crippen LogP contribution >= 0.6 is 0 Å². The maximum absolute atomic E-state index is 12.2. The second-order valence-electron chi connectivity index (χ2n) is 6.17. The van der Waals surface area contributed by atoms with Gasteiger partial charge >= 0.3 is 6.18 Å². The Bertz CT molecular complexity index is 952. The van der Waals surface area contributed by atoms with Crippen molar-refractivity contribution in [3.63, 3.8) is 0 Å². The molecule has 0 fully saturated rings. The number of alkyl halides is 3. The summed E-state index contributed by atoms with van der Waals surface area (Å²) in [6, 6.07) is 11.3. The predicted molar refractivity (Wildman–Crippen MR) is 95.3 cm³/mol. The normalized spacial score (nSPS) is 13.3. The monoisotopic (exact) mass is 405 g/mol. The number of fused-ring (bicyclic) bond motifs is 1. The van der Waals surface area contributed by atoms with Crippen LogP contribution in [0.5, 0.6) is 0 Å². The largest absolute Gasteiger partial charge is 0.405 e. The molecule has 29 heavy (non-hydrogen) atoms. The van der Waals surface area contributed by atoms with Gasteiger partial charge in [0.25, 0.3) is 17.7 Å². The molecule has 0 aromatic heterocycles. The standard InChI is InChI=1S/C19H14F3N3O4/c20-19(21,22)10-23-16(27)11-5-7-12(8-6-11)24-15(26)9-25-17(28)13-3-1-2-4-14(13)18(25)29/h1-8H,9-10H2,(H,23,27)(H,24,26). The van der Waals surface area contributed by atoms with Crippen molar-refractivity contribution in [3.8, 4) is 0 Å². The second-order valence-corrected chi connectivity index (χ2v) is 6.17. The smallest absolute Gasteiger partial charge is 0.343 e. The van der Waals surface area contributed by atoms with Crippen molar-refractivity contribution in [1.29, 1.82) is 0 Å². The molecule has 0 spiro atoms. The Morgan fingerprint density at radius 3 is 1.97 bits per heavy atom. The van der Waals surface area contributed by atoms with Crippen LogP contribution in [-0.2, 0) is 4.79 Å². The van der Waals surface area contributed by atoms with Crippen LogP contribution in [0.1, 0.15) is 31.1 Å². The van der Waals surface area contributed by atoms with Crippen molar-refractivity contribution in [2.75, 3.05) is 18.4 Å². The Morgan fingerprint density at radius 1 is 0.897 bits per heavy atom. The predicted octanol–water partition coefficient (Wildman–Crippen LogP) is 2.21. The van der Waals surface area contributed by atoms with Gasteiger partial charge in [0.2, 0.25) is 5.91 Å². The zero-order chi connectivity index (χ0) is 21.2. The van der Waals surface area contributed by atoms with Crippen LogP contribution in [0.2, 0.25) is 0 Å². The lowest BCUT2D eigenvalue weighted by atomic mass is 10.1. The van der Waals surface area contributed by atoms with Crippen LogP contribution in [-0.4, -0.2) is 47.8 Å². The number of carbonyl (C=O) groups is 4. The molecule has 0 bridgehead atoms. The summed E-state index contributed by atoms with van der Waals surface area (Å²) in [6.45, 7) is -1.95. The number of carbonyl (C=O) groups excluding carboxylic acids is 4. The van der Waals surface area contributed by atoms with E-state index in [4.69, 9.17) is 0 Å². The fraction of sp³-hybridized carbons (Fsp3) is 0.158. The van der Waals surface area contributed by atoms with Crippen molar-refractivity contribution >= 4 is 29.3 Å². The first-order chi connectivity index (χ1) is 13.7. The zero-order valence-electron chi connectivity index (χ0n) is 14.7. The van der Waals surface area contributed by atoms with E-state index in [0.29, 0.717) is 0 Å². The quantitative estimate of drug-likeness (QED) is 0.746. The van der Waals surface area contributed by atoms with Gasteiger partial charge in [-0.2, -0.15) is 13.2 Å². The summed E-state index contributed by atoms with van der Waals surface area (Å²) in [5.41, 5.74) is 0.672. The van der Waals surface area contributed by atoms with E-state index in [1.54, 1.807) is 17.4 Å². The number of anilines is 1. The van der Waals surface area contributed by atoms with E-state index in [2.05, 4.69) is 5.32 Å². The molecule has 4 amide bonds. The number of hydrogen-bond acceptors (Lipinski definition) is 4. The summed E-state index contributed by atoms with van der Waals surface area (Å²) in [5.74, 6) is -2.70. The molecule has 0 saturated heterocycles. The van der Waals surface area contributed by atoms with Gasteiger partial charge in [-0.05, 0) is 36.4 Å². The number of halogens is 3. The molecule has 150 valence electrons. The first-order valence-electron chi connectivity index (χ1n) is 8.36. The summed E-state index contributed by atoms with van der Waals surface area (Å²) < 4.78 is 36.4. The zero-order valence-corrected chi connectivity index (χ0v) is 14.7. The van der Waals surface area contributed by atoms with Gasteiger partial charge in [0.15, 0.2) is 0 Å². The molecule has 3 rings (SSSR count). The molecule has 2 aromatic carbocycles. The lowest BCUT2D eigenvalue weighted by molar-refractivity contribution is -0.123. The van der Waals surface area contributed by atoms with Crippen LogP contribution in [0.4, 0.5) is 18.9 Å². The van der Waals surface area contributed by atoms with Gasteiger partial charge in [-0.15, -0.1) is 0 Å². The Morgan fingerprint density at radius 2 is 1.45 bits per heavy atom. The third kappa shape index (κ3) is 4.60. The van der Waals surface area contributed by atoms with E-state index in [-0.39, 0.29) is 22.4 Å². The first-order valence-corrected chi connectivity index (χ1v) is 8.36. The van der Waals surface area contributed by atoms with Crippen molar-refractivity contribution in [1.82, 2.24) is 10.2 Å². The van der Waals surface area contributed by atoms with Crippen molar-refractivity contribution in [3.05, 3.63) is 65.2 Å². The first kappa shape index (κ1) is 20.1. The highest BCUT2D eigenvalue weighted by molar-refractivity contribution is 6.22. The molecule has 0 unspecified atom stereocenters. The Balaban J connectivity index is 1.58. The maximum Gasteiger partial charge on any atom is 0.405 e. The lowest BCUT2D eigenvalue weighted by Crippen LogP contribution is -2.37. The van der Waals surface area contributed by atoms with E-state index in [0.717, 1.165) is 4.90 Å². The third-order valence-corrected chi connectivity index (χ3v) is 4.06. The molecule has 10 heteroatoms. The lowest BCUT2D eigenvalue weighted by Gasteiger charge is -2.14. The summed E-state index contributed by atoms with van der Waals surface area (Å²) >= 11 is 0. The number of benzene rings is 2. The highest BCUT2D eigenvalue weighted by Crippen LogP contribution is 2.22. The summed E-state index contributed by atoms with van der Waals surface area (Å²) in [4.78, 5) is 49.1. The molecule has 0 radical (unpaired) electrons. The molecule has 1 heterocycles. The highest BCUT2D eigenvalue weighted by atomic mass is 19.4. The van der Waals surface area contributed by atoms with Gasteiger partial charge in [0.05, 0.1) is 11.1 Å². The fourth-order valence-corrected chi connectivity index (χ4v) is 2.71. The molecular formula is C19H14F3N3O4. The van der Waals surface area contributed by atoms with Gasteiger partial charge < -0.3 is 10.6 Å². The fourth-order valence-electron chi connectivity index (χ4n) is 2.71. The molecule has 1 aliphatic rings. The Hall–Kier alpha value is -3.69. The van der Waals surface area contributed by atoms with Crippen molar-refractivity contribution < 1.29 is 32.3 Å². The van der Waals surface area contributed by atoms with Crippen LogP contribution in [0.15, 0.2) is 48.5 Å². The van der Waals surface area contributed by atoms with Crippen molar-refractivity contribution in [2.24, 2.45) is 0 Å². The number of nitrogens with one attached hydrogen (secondary N) is 2. The van der Waals surface area contributed by atoms with E-state index < -0.39 is 42.9 Å². The van der Waals surface area contributed by atoms with E-state index in [9.17, 15) is 32.3 Å². The molecular weight excluding hydrogens is 391 g/mol. The number of imide groups is 1. The minimum Gasteiger partial charge on any atom is -0.343 e. The average Bonchev–Trinajstić information content (AvgIpc) is 2.91. The highest BCUT2D eigenvalue weighted by Gasteiger charge is 2.36. The van der Waals surface area contributed by atoms with E-state index in [1.807, 2.05) is 0 Å². The Kier molecular flexibility index (Phi) is 5.35. The molecule has 2 aromatic rings. The van der Waals surface area contributed by atoms with Crippen LogP contribution in [0.3, 0.4) is 0 Å². The summed E-state index contributed by atoms with van der Waals surface area (Å²) in [5, 5.41) is 4.20. The molecule has 1 aliphatic heterocycles. The second kappa shape index (κ2) is 7.74. The van der Waals surface area contributed by atoms with Crippen LogP contribution in [0, 0.1) is 0 Å². The van der Waals surface area contributed by atoms with Crippen molar-refractivity contribution in [2.45, 2.75) is 6.18 Å². The number of amides is 4. The number of hydrogen-bond donors (Lipinski definition) is 2. The van der Waals surface area contributed by atoms with Gasteiger partial charge in [0.1, 0.15) is 13.1 Å². The van der Waals surface area contributed by atoms with E-state index >= 15 is 0 Å².